The van der Waals surface area contributed by atoms with Crippen LogP contribution in [0.3, 0.4) is 0 Å². The highest BCUT2D eigenvalue weighted by atomic mass is 19.1. The number of nitrogens with zero attached hydrogens (tertiary/aromatic N) is 1. The van der Waals surface area contributed by atoms with Crippen LogP contribution in [0.25, 0.3) is 10.9 Å². The maximum absolute atomic E-state index is 14.5. The maximum atomic E-state index is 14.5. The van der Waals surface area contributed by atoms with Crippen LogP contribution in [0.15, 0.2) is 18.3 Å². The maximum Gasteiger partial charge on any atom is 0.165 e. The number of ketones is 1. The predicted molar refractivity (Wildman–Crippen MR) is 105 cm³/mol. The molecule has 3 saturated heterocycles. The number of hydrogen-bond acceptors (Lipinski definition) is 2. The number of hydrogen-bond donors (Lipinski definition) is 1. The SMILES string of the molecule is CC.CCc1cc(F)c2c(C(=O)CCC34CCN(CC3)CC4)c[nH]c2c1. The molecule has 0 saturated carbocycles. The molecule has 4 heterocycles. The van der Waals surface area contributed by atoms with Gasteiger partial charge in [-0.1, -0.05) is 20.8 Å². The van der Waals surface area contributed by atoms with E-state index in [4.69, 9.17) is 0 Å². The van der Waals surface area contributed by atoms with Gasteiger partial charge in [-0.3, -0.25) is 4.79 Å². The number of aryl methyl sites for hydroxylation is 1. The lowest BCUT2D eigenvalue weighted by atomic mass is 9.69. The summed E-state index contributed by atoms with van der Waals surface area (Å²) in [4.78, 5) is 18.3. The van der Waals surface area contributed by atoms with Crippen molar-refractivity contribution in [3.8, 4) is 0 Å². The number of piperidine rings is 3. The molecule has 2 bridgehead atoms. The topological polar surface area (TPSA) is 36.1 Å². The molecule has 3 fully saturated rings. The second kappa shape index (κ2) is 7.91. The molecule has 1 aromatic heterocycles. The molecule has 2 aromatic rings. The first-order valence-corrected chi connectivity index (χ1v) is 10.2. The molecular formula is C22H31FN2O. The number of carbonyl (C=O) groups is 1. The normalized spacial score (nSPS) is 24.4. The Morgan fingerprint density at radius 3 is 2.46 bits per heavy atom. The van der Waals surface area contributed by atoms with Gasteiger partial charge in [0.1, 0.15) is 5.82 Å². The average Bonchev–Trinajstić information content (AvgIpc) is 3.14. The Bertz CT molecular complexity index is 758. The van der Waals surface area contributed by atoms with Gasteiger partial charge in [-0.15, -0.1) is 0 Å². The van der Waals surface area contributed by atoms with E-state index >= 15 is 0 Å². The van der Waals surface area contributed by atoms with E-state index in [1.807, 2.05) is 26.8 Å². The lowest BCUT2D eigenvalue weighted by Gasteiger charge is -2.48. The van der Waals surface area contributed by atoms with Crippen molar-refractivity contribution < 1.29 is 9.18 Å². The summed E-state index contributed by atoms with van der Waals surface area (Å²) < 4.78 is 14.5. The monoisotopic (exact) mass is 358 g/mol. The molecule has 0 aliphatic carbocycles. The lowest BCUT2D eigenvalue weighted by Crippen LogP contribution is -2.48. The van der Waals surface area contributed by atoms with Gasteiger partial charge in [-0.2, -0.15) is 0 Å². The fourth-order valence-electron chi connectivity index (χ4n) is 4.48. The fourth-order valence-corrected chi connectivity index (χ4v) is 4.48. The van der Waals surface area contributed by atoms with Crippen molar-refractivity contribution in [3.63, 3.8) is 0 Å². The summed E-state index contributed by atoms with van der Waals surface area (Å²) in [5.41, 5.74) is 2.56. The van der Waals surface area contributed by atoms with Crippen LogP contribution >= 0.6 is 0 Å². The largest absolute Gasteiger partial charge is 0.360 e. The first-order chi connectivity index (χ1) is 12.6. The second-order valence-electron chi connectivity index (χ2n) is 7.57. The number of Topliss-reactive ketones (excluding diaryl/α,β-unsaturated/α-hetero) is 1. The summed E-state index contributed by atoms with van der Waals surface area (Å²) in [6.45, 7) is 9.53. The molecule has 1 aromatic carbocycles. The van der Waals surface area contributed by atoms with E-state index in [-0.39, 0.29) is 11.6 Å². The van der Waals surface area contributed by atoms with Crippen molar-refractivity contribution in [1.29, 1.82) is 0 Å². The molecule has 0 spiro atoms. The van der Waals surface area contributed by atoms with Gasteiger partial charge >= 0.3 is 0 Å². The van der Waals surface area contributed by atoms with Crippen molar-refractivity contribution in [1.82, 2.24) is 9.88 Å². The summed E-state index contributed by atoms with van der Waals surface area (Å²) >= 11 is 0. The molecule has 3 aliphatic rings. The van der Waals surface area contributed by atoms with Gasteiger partial charge < -0.3 is 9.88 Å². The smallest absolute Gasteiger partial charge is 0.165 e. The predicted octanol–water partition coefficient (Wildman–Crippen LogP) is 5.34. The highest BCUT2D eigenvalue weighted by Gasteiger charge is 2.39. The Kier molecular flexibility index (Phi) is 5.81. The molecule has 0 unspecified atom stereocenters. The van der Waals surface area contributed by atoms with Crippen LogP contribution in [-0.2, 0) is 6.42 Å². The van der Waals surface area contributed by atoms with Gasteiger partial charge in [-0.05, 0) is 74.8 Å². The quantitative estimate of drug-likeness (QED) is 0.732. The Morgan fingerprint density at radius 2 is 1.85 bits per heavy atom. The van der Waals surface area contributed by atoms with E-state index in [2.05, 4.69) is 9.88 Å². The minimum absolute atomic E-state index is 0.0757. The van der Waals surface area contributed by atoms with Crippen LogP contribution in [0.1, 0.15) is 68.8 Å². The van der Waals surface area contributed by atoms with E-state index in [0.29, 0.717) is 22.8 Å². The molecule has 4 heteroatoms. The number of fused-ring (bicyclic) bond motifs is 4. The zero-order valence-electron chi connectivity index (χ0n) is 16.3. The van der Waals surface area contributed by atoms with Crippen LogP contribution in [0.5, 0.6) is 0 Å². The molecule has 3 aliphatic heterocycles. The molecule has 0 amide bonds. The highest BCUT2D eigenvalue weighted by Crippen LogP contribution is 2.44. The fraction of sp³-hybridized carbons (Fsp3) is 0.591. The second-order valence-corrected chi connectivity index (χ2v) is 7.57. The van der Waals surface area contributed by atoms with Crippen molar-refractivity contribution in [2.24, 2.45) is 5.41 Å². The first kappa shape index (κ1) is 19.1. The van der Waals surface area contributed by atoms with Gasteiger partial charge in [0.05, 0.1) is 0 Å². The number of H-pyrrole nitrogens is 1. The molecule has 0 atom stereocenters. The number of carbonyl (C=O) groups excluding carboxylic acids is 1. The minimum atomic E-state index is -0.280. The zero-order valence-corrected chi connectivity index (χ0v) is 16.3. The summed E-state index contributed by atoms with van der Waals surface area (Å²) in [6.07, 6.45) is 7.58. The molecule has 3 nitrogen and oxygen atoms in total. The summed E-state index contributed by atoms with van der Waals surface area (Å²) in [5, 5.41) is 0.466. The van der Waals surface area contributed by atoms with Crippen LogP contribution in [0, 0.1) is 11.2 Å². The molecule has 5 rings (SSSR count). The number of halogens is 1. The van der Waals surface area contributed by atoms with Gasteiger partial charge in [-0.25, -0.2) is 4.39 Å². The number of aromatic amines is 1. The van der Waals surface area contributed by atoms with Crippen molar-refractivity contribution in [2.75, 3.05) is 19.6 Å². The molecule has 1 N–H and O–H groups in total. The van der Waals surface area contributed by atoms with Crippen molar-refractivity contribution >= 4 is 16.7 Å². The van der Waals surface area contributed by atoms with Crippen LogP contribution < -0.4 is 0 Å². The first-order valence-electron chi connectivity index (χ1n) is 10.2. The summed E-state index contributed by atoms with van der Waals surface area (Å²) in [7, 11) is 0. The number of aromatic nitrogens is 1. The molecule has 0 radical (unpaired) electrons. The van der Waals surface area contributed by atoms with Gasteiger partial charge in [0.15, 0.2) is 5.78 Å². The third kappa shape index (κ3) is 3.57. The van der Waals surface area contributed by atoms with E-state index in [9.17, 15) is 9.18 Å². The number of nitrogens with one attached hydrogen (secondary N) is 1. The summed E-state index contributed by atoms with van der Waals surface area (Å²) in [6, 6.07) is 3.51. The Morgan fingerprint density at radius 1 is 1.19 bits per heavy atom. The molecular weight excluding hydrogens is 327 g/mol. The Hall–Kier alpha value is -1.68. The van der Waals surface area contributed by atoms with Crippen molar-refractivity contribution in [3.05, 3.63) is 35.3 Å². The standard InChI is InChI=1S/C20H25FN2O.C2H6/c1-2-14-11-16(21)19-15(13-22-17(19)12-14)18(24)3-4-20-5-8-23(9-6-20)10-7-20;1-2/h11-13,22H,2-10H2,1H3;1-2H3. The Labute approximate surface area is 156 Å². The number of benzene rings is 1. The zero-order chi connectivity index (χ0) is 18.7. The van der Waals surface area contributed by atoms with Crippen LogP contribution in [0.2, 0.25) is 0 Å². The van der Waals surface area contributed by atoms with Crippen LogP contribution in [0.4, 0.5) is 4.39 Å². The molecule has 26 heavy (non-hydrogen) atoms. The van der Waals surface area contributed by atoms with Gasteiger partial charge in [0.2, 0.25) is 0 Å². The van der Waals surface area contributed by atoms with E-state index in [1.54, 1.807) is 12.3 Å². The van der Waals surface area contributed by atoms with E-state index in [0.717, 1.165) is 23.9 Å². The third-order valence-corrected chi connectivity index (χ3v) is 6.26. The van der Waals surface area contributed by atoms with Crippen LogP contribution in [-0.4, -0.2) is 35.3 Å². The molecule has 142 valence electrons. The average molecular weight is 359 g/mol. The lowest BCUT2D eigenvalue weighted by molar-refractivity contribution is 0.0187. The minimum Gasteiger partial charge on any atom is -0.360 e. The van der Waals surface area contributed by atoms with E-state index in [1.165, 1.54) is 38.9 Å². The van der Waals surface area contributed by atoms with Crippen molar-refractivity contribution in [2.45, 2.75) is 59.3 Å². The third-order valence-electron chi connectivity index (χ3n) is 6.26. The van der Waals surface area contributed by atoms with Gasteiger partial charge in [0.25, 0.3) is 0 Å². The number of rotatable bonds is 5. The Balaban J connectivity index is 0.000000948. The summed E-state index contributed by atoms with van der Waals surface area (Å²) in [5.74, 6) is -0.204. The van der Waals surface area contributed by atoms with Gasteiger partial charge in [0, 0.05) is 29.1 Å². The highest BCUT2D eigenvalue weighted by molar-refractivity contribution is 6.08. The van der Waals surface area contributed by atoms with E-state index < -0.39 is 0 Å².